The molecule has 0 unspecified atom stereocenters. The molecule has 0 aliphatic rings. The number of rotatable bonds is 7. The van der Waals surface area contributed by atoms with Gasteiger partial charge in [0.25, 0.3) is 0 Å². The van der Waals surface area contributed by atoms with Crippen LogP contribution in [0.25, 0.3) is 11.0 Å². The number of hydrogen-bond acceptors (Lipinski definition) is 3. The molecule has 0 N–H and O–H groups in total. The number of hydrogen-bond donors (Lipinski definition) is 0. The molecule has 31 heavy (non-hydrogen) atoms. The molecule has 0 fully saturated rings. The molecule has 0 radical (unpaired) electrons. The lowest BCUT2D eigenvalue weighted by Crippen LogP contribution is -3.00. The van der Waals surface area contributed by atoms with Crippen LogP contribution in [-0.2, 0) is 24.4 Å². The molecule has 4 aromatic rings. The minimum Gasteiger partial charge on any atom is -1.00 e. The van der Waals surface area contributed by atoms with Gasteiger partial charge in [0.05, 0.1) is 13.7 Å². The Labute approximate surface area is 197 Å². The highest BCUT2D eigenvalue weighted by molar-refractivity contribution is 6.33. The van der Waals surface area contributed by atoms with Crippen molar-refractivity contribution in [1.82, 2.24) is 9.55 Å². The van der Waals surface area contributed by atoms with Crippen molar-refractivity contribution in [3.63, 3.8) is 0 Å². The van der Waals surface area contributed by atoms with E-state index in [1.54, 1.807) is 20.3 Å². The summed E-state index contributed by atoms with van der Waals surface area (Å²) in [5.41, 5.74) is 4.04. The number of methoxy groups -OCH3 is 2. The number of fused-ring (bicyclic) bond motifs is 1. The number of nitrogens with zero attached hydrogens (tertiary/aromatic N) is 3. The first-order valence-electron chi connectivity index (χ1n) is 9.51. The third-order valence-electron chi connectivity index (χ3n) is 4.96. The maximum Gasteiger partial charge on any atom is 0.195 e. The van der Waals surface area contributed by atoms with Gasteiger partial charge >= 0.3 is 0 Å². The second-order valence-electron chi connectivity index (χ2n) is 7.02. The zero-order chi connectivity index (χ0) is 21.1. The number of ether oxygens (including phenoxy) is 2. The largest absolute Gasteiger partial charge is 1.00 e. The highest BCUT2D eigenvalue weighted by Gasteiger charge is 2.16. The van der Waals surface area contributed by atoms with Crippen molar-refractivity contribution in [3.05, 3.63) is 87.9 Å². The molecule has 2 aromatic heterocycles. The van der Waals surface area contributed by atoms with Crippen LogP contribution in [0.4, 0.5) is 0 Å². The molecule has 4 rings (SSSR count). The van der Waals surface area contributed by atoms with Gasteiger partial charge in [0, 0.05) is 28.8 Å². The molecule has 2 aromatic carbocycles. The average Bonchev–Trinajstić information content (AvgIpc) is 3.08. The van der Waals surface area contributed by atoms with Gasteiger partial charge in [-0.1, -0.05) is 23.2 Å². The number of halogens is 3. The van der Waals surface area contributed by atoms with Crippen LogP contribution in [-0.4, -0.2) is 23.8 Å². The van der Waals surface area contributed by atoms with Crippen LogP contribution in [0.2, 0.25) is 10.0 Å². The van der Waals surface area contributed by atoms with Gasteiger partial charge in [0.15, 0.2) is 18.9 Å². The first kappa shape index (κ1) is 23.4. The molecule has 0 aliphatic carbocycles. The van der Waals surface area contributed by atoms with Crippen molar-refractivity contribution in [2.24, 2.45) is 0 Å². The van der Waals surface area contributed by atoms with Crippen LogP contribution in [0.3, 0.4) is 0 Å². The van der Waals surface area contributed by atoms with Crippen molar-refractivity contribution in [1.29, 1.82) is 0 Å². The zero-order valence-corrected chi connectivity index (χ0v) is 19.5. The van der Waals surface area contributed by atoms with Gasteiger partial charge < -0.3 is 26.4 Å². The van der Waals surface area contributed by atoms with E-state index in [1.165, 1.54) is 5.56 Å². The van der Waals surface area contributed by atoms with Crippen LogP contribution in [0, 0.1) is 0 Å². The monoisotopic (exact) mass is 477 g/mol. The van der Waals surface area contributed by atoms with Gasteiger partial charge in [-0.05, 0) is 48.0 Å². The van der Waals surface area contributed by atoms with Gasteiger partial charge in [-0.3, -0.25) is 0 Å². The molecule has 8 heteroatoms. The summed E-state index contributed by atoms with van der Waals surface area (Å²) in [5.74, 6) is 1.69. The number of aromatic nitrogens is 3. The summed E-state index contributed by atoms with van der Waals surface area (Å²) in [4.78, 5) is 4.75. The number of pyridine rings is 1. The first-order valence-corrected chi connectivity index (χ1v) is 10.3. The van der Waals surface area contributed by atoms with Crippen molar-refractivity contribution >= 4 is 34.2 Å². The molecule has 2 heterocycles. The van der Waals surface area contributed by atoms with Crippen LogP contribution in [0.15, 0.2) is 60.9 Å². The minimum absolute atomic E-state index is 0. The topological polar surface area (TPSA) is 40.2 Å². The molecule has 0 amide bonds. The average molecular weight is 479 g/mol. The van der Waals surface area contributed by atoms with E-state index in [2.05, 4.69) is 27.5 Å². The van der Waals surface area contributed by atoms with Gasteiger partial charge in [0.1, 0.15) is 29.2 Å². The molecule has 162 valence electrons. The van der Waals surface area contributed by atoms with Crippen molar-refractivity contribution in [3.8, 4) is 5.75 Å². The van der Waals surface area contributed by atoms with E-state index in [0.717, 1.165) is 34.7 Å². The zero-order valence-electron chi connectivity index (χ0n) is 17.2. The normalized spacial score (nSPS) is 10.8. The molecule has 0 saturated heterocycles. The lowest BCUT2D eigenvalue weighted by molar-refractivity contribution is -0.687. The maximum atomic E-state index is 6.42. The van der Waals surface area contributed by atoms with Gasteiger partial charge in [-0.15, -0.1) is 0 Å². The summed E-state index contributed by atoms with van der Waals surface area (Å²) in [5, 5.41) is 1.33. The van der Waals surface area contributed by atoms with Crippen LogP contribution < -0.4 is 21.7 Å². The Morgan fingerprint density at radius 1 is 1.03 bits per heavy atom. The predicted molar refractivity (Wildman–Crippen MR) is 118 cm³/mol. The highest BCUT2D eigenvalue weighted by atomic mass is 35.5. The van der Waals surface area contributed by atoms with E-state index in [1.807, 2.05) is 36.5 Å². The molecule has 0 spiro atoms. The van der Waals surface area contributed by atoms with Gasteiger partial charge in [0.2, 0.25) is 0 Å². The number of benzene rings is 2. The molecule has 0 bridgehead atoms. The summed E-state index contributed by atoms with van der Waals surface area (Å²) < 4.78 is 14.9. The molecular formula is C23H22Cl3N3O2. The van der Waals surface area contributed by atoms with E-state index in [4.69, 9.17) is 37.7 Å². The van der Waals surface area contributed by atoms with E-state index >= 15 is 0 Å². The third kappa shape index (κ3) is 5.31. The van der Waals surface area contributed by atoms with Crippen LogP contribution in [0.1, 0.15) is 17.0 Å². The standard InChI is InChI=1S/C23H22Cl2N3O2.ClH/c1-29-15-23-26-21-9-10-27(12-16-3-6-19(30-2)7-4-16)14-22(21)28(23)13-17-11-18(24)5-8-20(17)25;/h3-11,14H,12-13,15H2,1-2H3;1H/q+1;/p-1. The van der Waals surface area contributed by atoms with Crippen LogP contribution in [0.5, 0.6) is 5.75 Å². The lowest BCUT2D eigenvalue weighted by atomic mass is 10.2. The smallest absolute Gasteiger partial charge is 0.195 e. The maximum absolute atomic E-state index is 6.42. The lowest BCUT2D eigenvalue weighted by Gasteiger charge is -2.10. The van der Waals surface area contributed by atoms with Crippen molar-refractivity contribution in [2.45, 2.75) is 19.7 Å². The van der Waals surface area contributed by atoms with E-state index in [9.17, 15) is 0 Å². The van der Waals surface area contributed by atoms with E-state index < -0.39 is 0 Å². The summed E-state index contributed by atoms with van der Waals surface area (Å²) >= 11 is 12.6. The SMILES string of the molecule is COCc1nc2cc[n+](Cc3ccc(OC)cc3)cc2n1Cc1cc(Cl)ccc1Cl.[Cl-]. The van der Waals surface area contributed by atoms with E-state index in [0.29, 0.717) is 23.2 Å². The fourth-order valence-corrected chi connectivity index (χ4v) is 3.82. The molecular weight excluding hydrogens is 457 g/mol. The fraction of sp³-hybridized carbons (Fsp3) is 0.217. The van der Waals surface area contributed by atoms with Gasteiger partial charge in [-0.2, -0.15) is 4.57 Å². The predicted octanol–water partition coefficient (Wildman–Crippen LogP) is 1.89. The fourth-order valence-electron chi connectivity index (χ4n) is 3.45. The first-order chi connectivity index (χ1) is 14.6. The minimum atomic E-state index is 0. The Balaban J connectivity index is 0.00000272. The van der Waals surface area contributed by atoms with Crippen LogP contribution >= 0.6 is 23.2 Å². The summed E-state index contributed by atoms with van der Waals surface area (Å²) in [6.07, 6.45) is 4.14. The summed E-state index contributed by atoms with van der Waals surface area (Å²) in [7, 11) is 3.34. The molecule has 0 atom stereocenters. The molecule has 5 nitrogen and oxygen atoms in total. The summed E-state index contributed by atoms with van der Waals surface area (Å²) in [6.45, 7) is 1.70. The number of imidazole rings is 1. The second kappa shape index (κ2) is 10.3. The highest BCUT2D eigenvalue weighted by Crippen LogP contribution is 2.24. The summed E-state index contributed by atoms with van der Waals surface area (Å²) in [6, 6.07) is 15.6. The Hall–Kier alpha value is -2.31. The molecule has 0 aliphatic heterocycles. The van der Waals surface area contributed by atoms with Crippen molar-refractivity contribution < 1.29 is 26.4 Å². The van der Waals surface area contributed by atoms with E-state index in [-0.39, 0.29) is 12.4 Å². The Kier molecular flexibility index (Phi) is 7.79. The third-order valence-corrected chi connectivity index (χ3v) is 5.56. The Morgan fingerprint density at radius 3 is 2.52 bits per heavy atom. The second-order valence-corrected chi connectivity index (χ2v) is 7.86. The van der Waals surface area contributed by atoms with Gasteiger partial charge in [-0.25, -0.2) is 4.98 Å². The van der Waals surface area contributed by atoms with Crippen molar-refractivity contribution in [2.75, 3.05) is 14.2 Å². The quantitative estimate of drug-likeness (QED) is 0.381. The Morgan fingerprint density at radius 2 is 1.81 bits per heavy atom. The molecule has 0 saturated carbocycles. The Bertz CT molecular complexity index is 1180.